The van der Waals surface area contributed by atoms with Crippen molar-refractivity contribution in [2.24, 2.45) is 0 Å². The van der Waals surface area contributed by atoms with E-state index in [2.05, 4.69) is 16.0 Å². The number of nitrogens with one attached hydrogen (secondary N) is 1. The molecule has 8 heteroatoms. The van der Waals surface area contributed by atoms with Gasteiger partial charge in [0.25, 0.3) is 5.69 Å². The van der Waals surface area contributed by atoms with Crippen molar-refractivity contribution in [1.82, 2.24) is 9.97 Å². The zero-order chi connectivity index (χ0) is 20.5. The lowest BCUT2D eigenvalue weighted by molar-refractivity contribution is -0.384. The van der Waals surface area contributed by atoms with E-state index in [1.165, 1.54) is 18.2 Å². The van der Waals surface area contributed by atoms with E-state index in [9.17, 15) is 15.4 Å². The Labute approximate surface area is 170 Å². The third-order valence-corrected chi connectivity index (χ3v) is 4.82. The lowest BCUT2D eigenvalue weighted by Crippen LogP contribution is -1.93. The maximum absolute atomic E-state index is 11.4. The summed E-state index contributed by atoms with van der Waals surface area (Å²) in [7, 11) is 0. The number of halogens is 1. The number of benzene rings is 2. The molecule has 0 saturated heterocycles. The molecule has 7 nitrogen and oxygen atoms in total. The quantitative estimate of drug-likeness (QED) is 0.264. The van der Waals surface area contributed by atoms with Crippen LogP contribution in [0.4, 0.5) is 5.69 Å². The fraction of sp³-hybridized carbons (Fsp3) is 0.0476. The predicted molar refractivity (Wildman–Crippen MR) is 110 cm³/mol. The minimum Gasteiger partial charge on any atom is -0.456 e. The number of hydrogen-bond acceptors (Lipinski definition) is 5. The number of hydrogen-bond donors (Lipinski definition) is 1. The van der Waals surface area contributed by atoms with Crippen LogP contribution in [0.2, 0.25) is 5.02 Å². The van der Waals surface area contributed by atoms with E-state index >= 15 is 0 Å². The maximum atomic E-state index is 11.4. The second-order valence-electron chi connectivity index (χ2n) is 6.35. The highest BCUT2D eigenvalue weighted by Crippen LogP contribution is 2.36. The number of fused-ring (bicyclic) bond motifs is 1. The molecule has 0 saturated carbocycles. The van der Waals surface area contributed by atoms with Crippen LogP contribution in [0, 0.1) is 28.4 Å². The molecular weight excluding hydrogens is 392 g/mol. The van der Waals surface area contributed by atoms with Crippen LogP contribution in [0.3, 0.4) is 0 Å². The molecule has 4 rings (SSSR count). The standard InChI is InChI=1S/C21H13ClN4O3/c1-12-8-19(26(27)28)15(10-16(12)22)20-7-6-14(29-20)9-13(11-23)21-24-17-4-2-3-5-18(17)25-21/h2-10H,1H3,(H,24,25)/b13-9-. The number of allylic oxidation sites excluding steroid dienone is 1. The molecule has 2 heterocycles. The van der Waals surface area contributed by atoms with Crippen molar-refractivity contribution in [2.75, 3.05) is 0 Å². The third kappa shape index (κ3) is 3.49. The Morgan fingerprint density at radius 1 is 1.31 bits per heavy atom. The van der Waals surface area contributed by atoms with Gasteiger partial charge in [-0.05, 0) is 42.8 Å². The van der Waals surface area contributed by atoms with Crippen LogP contribution in [0.25, 0.3) is 34.0 Å². The summed E-state index contributed by atoms with van der Waals surface area (Å²) in [5, 5.41) is 21.4. The molecule has 0 radical (unpaired) electrons. The maximum Gasteiger partial charge on any atom is 0.280 e. The molecule has 0 aliphatic carbocycles. The number of para-hydroxylation sites is 2. The van der Waals surface area contributed by atoms with Crippen molar-refractivity contribution >= 4 is 40.0 Å². The average Bonchev–Trinajstić information content (AvgIpc) is 3.34. The lowest BCUT2D eigenvalue weighted by Gasteiger charge is -2.03. The molecule has 1 N–H and O–H groups in total. The van der Waals surface area contributed by atoms with Gasteiger partial charge < -0.3 is 9.40 Å². The van der Waals surface area contributed by atoms with E-state index in [0.717, 1.165) is 11.0 Å². The van der Waals surface area contributed by atoms with E-state index < -0.39 is 4.92 Å². The molecule has 0 fully saturated rings. The van der Waals surface area contributed by atoms with Gasteiger partial charge >= 0.3 is 0 Å². The van der Waals surface area contributed by atoms with Gasteiger partial charge in [-0.1, -0.05) is 23.7 Å². The van der Waals surface area contributed by atoms with E-state index in [1.807, 2.05) is 24.3 Å². The monoisotopic (exact) mass is 404 g/mol. The number of H-pyrrole nitrogens is 1. The smallest absolute Gasteiger partial charge is 0.280 e. The first-order chi connectivity index (χ1) is 14.0. The summed E-state index contributed by atoms with van der Waals surface area (Å²) in [5.74, 6) is 1.06. The Morgan fingerprint density at radius 2 is 2.10 bits per heavy atom. The number of nitro benzene ring substituents is 1. The summed E-state index contributed by atoms with van der Waals surface area (Å²) in [6.07, 6.45) is 1.53. The Bertz CT molecular complexity index is 1290. The number of aromatic nitrogens is 2. The molecule has 0 spiro atoms. The molecule has 0 aliphatic heterocycles. The normalized spacial score (nSPS) is 11.6. The average molecular weight is 405 g/mol. The van der Waals surface area contributed by atoms with Crippen LogP contribution in [-0.2, 0) is 0 Å². The van der Waals surface area contributed by atoms with Crippen molar-refractivity contribution in [2.45, 2.75) is 6.92 Å². The third-order valence-electron chi connectivity index (χ3n) is 4.42. The zero-order valence-corrected chi connectivity index (χ0v) is 15.9. The number of imidazole rings is 1. The van der Waals surface area contributed by atoms with Crippen LogP contribution in [0.1, 0.15) is 17.1 Å². The SMILES string of the molecule is Cc1cc([N+](=O)[O-])c(-c2ccc(/C=C(/C#N)c3nc4ccccc4[nH]3)o2)cc1Cl. The molecule has 0 aliphatic rings. The molecule has 0 unspecified atom stereocenters. The first kappa shape index (κ1) is 18.5. The topological polar surface area (TPSA) is 109 Å². The van der Waals surface area contributed by atoms with Gasteiger partial charge in [-0.2, -0.15) is 5.26 Å². The molecule has 29 heavy (non-hydrogen) atoms. The van der Waals surface area contributed by atoms with Crippen LogP contribution >= 0.6 is 11.6 Å². The van der Waals surface area contributed by atoms with Gasteiger partial charge in [0.15, 0.2) is 0 Å². The van der Waals surface area contributed by atoms with Gasteiger partial charge in [0.2, 0.25) is 0 Å². The van der Waals surface area contributed by atoms with Crippen molar-refractivity contribution in [3.05, 3.63) is 80.8 Å². The van der Waals surface area contributed by atoms with E-state index in [1.54, 1.807) is 19.1 Å². The van der Waals surface area contributed by atoms with Gasteiger partial charge in [0.1, 0.15) is 23.4 Å². The number of nitriles is 1. The summed E-state index contributed by atoms with van der Waals surface area (Å²) in [5.41, 5.74) is 2.61. The molecule has 0 amide bonds. The molecule has 2 aromatic heterocycles. The van der Waals surface area contributed by atoms with Crippen molar-refractivity contribution in [3.8, 4) is 17.4 Å². The highest BCUT2D eigenvalue weighted by atomic mass is 35.5. The van der Waals surface area contributed by atoms with Crippen LogP contribution in [-0.4, -0.2) is 14.9 Å². The molecule has 0 atom stereocenters. The Morgan fingerprint density at radius 3 is 2.83 bits per heavy atom. The second kappa shape index (κ2) is 7.26. The predicted octanol–water partition coefficient (Wildman–Crippen LogP) is 5.76. The first-order valence-corrected chi connectivity index (χ1v) is 8.95. The zero-order valence-electron chi connectivity index (χ0n) is 15.1. The highest BCUT2D eigenvalue weighted by molar-refractivity contribution is 6.31. The number of aryl methyl sites for hydroxylation is 1. The number of rotatable bonds is 4. The Hall–Kier alpha value is -3.89. The Balaban J connectivity index is 1.75. The minimum absolute atomic E-state index is 0.102. The fourth-order valence-corrected chi connectivity index (χ4v) is 3.13. The number of nitro groups is 1. The van der Waals surface area contributed by atoms with Crippen LogP contribution in [0.15, 0.2) is 52.9 Å². The van der Waals surface area contributed by atoms with Gasteiger partial charge in [0.05, 0.1) is 27.1 Å². The number of aromatic amines is 1. The summed E-state index contributed by atoms with van der Waals surface area (Å²) < 4.78 is 5.75. The highest BCUT2D eigenvalue weighted by Gasteiger charge is 2.20. The van der Waals surface area contributed by atoms with Crippen molar-refractivity contribution in [3.63, 3.8) is 0 Å². The van der Waals surface area contributed by atoms with E-state index in [0.29, 0.717) is 22.2 Å². The van der Waals surface area contributed by atoms with Crippen molar-refractivity contribution < 1.29 is 9.34 Å². The number of nitrogens with zero attached hydrogens (tertiary/aromatic N) is 3. The molecule has 2 aromatic carbocycles. The molecular formula is C21H13ClN4O3. The first-order valence-electron chi connectivity index (χ1n) is 8.58. The molecule has 142 valence electrons. The summed E-state index contributed by atoms with van der Waals surface area (Å²) in [6.45, 7) is 1.70. The van der Waals surface area contributed by atoms with E-state index in [-0.39, 0.29) is 22.6 Å². The minimum atomic E-state index is -0.480. The summed E-state index contributed by atoms with van der Waals surface area (Å²) in [6, 6.07) is 15.7. The van der Waals surface area contributed by atoms with Crippen LogP contribution < -0.4 is 0 Å². The van der Waals surface area contributed by atoms with E-state index in [4.69, 9.17) is 16.0 Å². The lowest BCUT2D eigenvalue weighted by atomic mass is 10.1. The largest absolute Gasteiger partial charge is 0.456 e. The fourth-order valence-electron chi connectivity index (χ4n) is 2.97. The summed E-state index contributed by atoms with van der Waals surface area (Å²) in [4.78, 5) is 18.4. The van der Waals surface area contributed by atoms with Gasteiger partial charge in [0, 0.05) is 17.2 Å². The van der Waals surface area contributed by atoms with Crippen LogP contribution in [0.5, 0.6) is 0 Å². The van der Waals surface area contributed by atoms with Gasteiger partial charge in [-0.3, -0.25) is 10.1 Å². The van der Waals surface area contributed by atoms with Gasteiger partial charge in [-0.25, -0.2) is 4.98 Å². The van der Waals surface area contributed by atoms with Gasteiger partial charge in [-0.15, -0.1) is 0 Å². The molecule has 4 aromatic rings. The Kier molecular flexibility index (Phi) is 4.63. The molecule has 0 bridgehead atoms. The van der Waals surface area contributed by atoms with Crippen molar-refractivity contribution in [1.29, 1.82) is 5.26 Å². The number of furan rings is 1. The second-order valence-corrected chi connectivity index (χ2v) is 6.76. The summed E-state index contributed by atoms with van der Waals surface area (Å²) >= 11 is 6.14.